The molecule has 22 nitrogen and oxygen atoms in total. The first-order valence-corrected chi connectivity index (χ1v) is 13.7. The number of carboxylic acids is 3. The Morgan fingerprint density at radius 1 is 0.652 bits per heavy atom. The van der Waals surface area contributed by atoms with E-state index in [9.17, 15) is 85.9 Å². The summed E-state index contributed by atoms with van der Waals surface area (Å²) >= 11 is 0. The highest BCUT2D eigenvalue weighted by Gasteiger charge is 2.61. The van der Waals surface area contributed by atoms with Crippen molar-refractivity contribution in [3.05, 3.63) is 0 Å². The van der Waals surface area contributed by atoms with E-state index in [1.165, 1.54) is 0 Å². The van der Waals surface area contributed by atoms with E-state index in [0.29, 0.717) is 0 Å². The predicted molar refractivity (Wildman–Crippen MR) is 135 cm³/mol. The number of hydrogen-bond acceptors (Lipinski definition) is 19. The van der Waals surface area contributed by atoms with E-state index >= 15 is 0 Å². The summed E-state index contributed by atoms with van der Waals surface area (Å²) in [6.07, 6.45) is -28.1. The molecule has 3 fully saturated rings. The summed E-state index contributed by atoms with van der Waals surface area (Å²) < 4.78 is 25.9. The zero-order valence-electron chi connectivity index (χ0n) is 23.7. The molecule has 0 unspecified atom stereocenters. The number of aliphatic hydroxyl groups excluding tert-OH is 10. The van der Waals surface area contributed by atoms with Gasteiger partial charge in [0.25, 0.3) is 17.4 Å². The van der Waals surface area contributed by atoms with Gasteiger partial charge in [-0.05, 0) is 0 Å². The largest absolute Gasteiger partial charge is 0.477 e. The van der Waals surface area contributed by atoms with Crippen molar-refractivity contribution in [2.45, 2.75) is 110 Å². The lowest BCUT2D eigenvalue weighted by atomic mass is 9.90. The minimum atomic E-state index is -3.21. The minimum Gasteiger partial charge on any atom is -0.477 e. The average Bonchev–Trinajstić information content (AvgIpc) is 2.99. The van der Waals surface area contributed by atoms with Crippen molar-refractivity contribution in [1.29, 1.82) is 0 Å². The lowest BCUT2D eigenvalue weighted by molar-refractivity contribution is -0.372. The number of aliphatic carboxylic acids is 3. The molecule has 3 rings (SSSR count). The minimum absolute atomic E-state index is 1.00. The van der Waals surface area contributed by atoms with Crippen molar-refractivity contribution in [2.75, 3.05) is 19.8 Å². The first-order valence-electron chi connectivity index (χ1n) is 13.7. The van der Waals surface area contributed by atoms with Crippen molar-refractivity contribution in [3.8, 4) is 0 Å². The fourth-order valence-corrected chi connectivity index (χ4v) is 5.34. The van der Waals surface area contributed by atoms with E-state index in [0.717, 1.165) is 0 Å². The Morgan fingerprint density at radius 3 is 1.54 bits per heavy atom. The smallest absolute Gasteiger partial charge is 0.364 e. The van der Waals surface area contributed by atoms with Crippen LogP contribution in [0.4, 0.5) is 0 Å². The topological polar surface area (TPSA) is 381 Å². The molecule has 0 spiro atoms. The molecule has 0 saturated carbocycles. The molecule has 22 heteroatoms. The van der Waals surface area contributed by atoms with Crippen LogP contribution >= 0.6 is 0 Å². The Morgan fingerprint density at radius 2 is 1.09 bits per heavy atom. The van der Waals surface area contributed by atoms with Crippen LogP contribution in [-0.4, -0.2) is 200 Å². The molecule has 15 atom stereocenters. The standard InChI is InChI=1S/C24H38O22/c25-4-9(29)16-13(32)7(27)1-23(45-16,20(37)38)42-6-11(31)18-14(33)8(28)2-24(46-18,21(39)40)43-12-3-22(41,19(35)36)44-17(15(12)34)10(30)5-26/h7-18,25-34,41H,1-6H2,(H,35,36)(H,37,38)(H,39,40)/t7-,8-,9-,10-,11-,12-,13-,14-,15-,16-,17-,18-,22-,23-,24+/m1/s1. The first kappa shape index (κ1) is 38.2. The molecule has 0 amide bonds. The quantitative estimate of drug-likeness (QED) is 0.0859. The van der Waals surface area contributed by atoms with Crippen LogP contribution in [0.15, 0.2) is 0 Å². The van der Waals surface area contributed by atoms with Gasteiger partial charge in [-0.2, -0.15) is 0 Å². The highest BCUT2D eigenvalue weighted by Crippen LogP contribution is 2.39. The van der Waals surface area contributed by atoms with Gasteiger partial charge in [0.2, 0.25) is 0 Å². The van der Waals surface area contributed by atoms with Crippen LogP contribution in [0.2, 0.25) is 0 Å². The van der Waals surface area contributed by atoms with Gasteiger partial charge in [0.1, 0.15) is 54.9 Å². The summed E-state index contributed by atoms with van der Waals surface area (Å²) in [4.78, 5) is 36.3. The van der Waals surface area contributed by atoms with Crippen LogP contribution in [0.25, 0.3) is 0 Å². The molecule has 46 heavy (non-hydrogen) atoms. The van der Waals surface area contributed by atoms with Gasteiger partial charge in [0.05, 0.1) is 38.1 Å². The molecule has 0 aromatic rings. The highest BCUT2D eigenvalue weighted by molar-refractivity contribution is 5.77. The monoisotopic (exact) mass is 678 g/mol. The highest BCUT2D eigenvalue weighted by atomic mass is 16.8. The first-order chi connectivity index (χ1) is 21.3. The Kier molecular flexibility index (Phi) is 12.0. The number of carboxylic acid groups (broad SMARTS) is 3. The van der Waals surface area contributed by atoms with Crippen LogP contribution in [0, 0.1) is 0 Å². The second-order valence-electron chi connectivity index (χ2n) is 11.2. The normalized spacial score (nSPS) is 43.8. The molecule has 266 valence electrons. The molecule has 0 aromatic carbocycles. The van der Waals surface area contributed by atoms with Crippen molar-refractivity contribution in [1.82, 2.24) is 0 Å². The van der Waals surface area contributed by atoms with Gasteiger partial charge >= 0.3 is 17.9 Å². The second kappa shape index (κ2) is 14.5. The lowest BCUT2D eigenvalue weighted by Crippen LogP contribution is -2.67. The Labute approximate surface area is 257 Å². The molecule has 14 N–H and O–H groups in total. The molecule has 0 bridgehead atoms. The summed E-state index contributed by atoms with van der Waals surface area (Å²) in [5.41, 5.74) is 0. The van der Waals surface area contributed by atoms with Crippen LogP contribution in [-0.2, 0) is 38.1 Å². The van der Waals surface area contributed by atoms with Crippen LogP contribution in [0.1, 0.15) is 19.3 Å². The van der Waals surface area contributed by atoms with E-state index in [-0.39, 0.29) is 0 Å². The maximum absolute atomic E-state index is 12.5. The van der Waals surface area contributed by atoms with Crippen LogP contribution < -0.4 is 0 Å². The number of carbonyl (C=O) groups is 3. The van der Waals surface area contributed by atoms with Crippen molar-refractivity contribution in [3.63, 3.8) is 0 Å². The predicted octanol–water partition coefficient (Wildman–Crippen LogP) is -8.04. The van der Waals surface area contributed by atoms with Crippen LogP contribution in [0.5, 0.6) is 0 Å². The van der Waals surface area contributed by atoms with Gasteiger partial charge in [-0.3, -0.25) is 0 Å². The van der Waals surface area contributed by atoms with E-state index < -0.39 is 148 Å². The molecule has 3 aliphatic heterocycles. The summed E-state index contributed by atoms with van der Waals surface area (Å²) in [6, 6.07) is 0. The number of hydrogen-bond donors (Lipinski definition) is 14. The van der Waals surface area contributed by atoms with Gasteiger partial charge in [-0.25, -0.2) is 14.4 Å². The van der Waals surface area contributed by atoms with Gasteiger partial charge in [0.15, 0.2) is 0 Å². The summed E-state index contributed by atoms with van der Waals surface area (Å²) in [6.45, 7) is -3.40. The maximum Gasteiger partial charge on any atom is 0.364 e. The lowest BCUT2D eigenvalue weighted by Gasteiger charge is -2.49. The van der Waals surface area contributed by atoms with E-state index in [4.69, 9.17) is 23.7 Å². The molecular formula is C24H38O22. The molecule has 3 heterocycles. The molecule has 0 aromatic heterocycles. The molecule has 3 aliphatic rings. The van der Waals surface area contributed by atoms with E-state index in [2.05, 4.69) is 0 Å². The van der Waals surface area contributed by atoms with Gasteiger partial charge in [-0.1, -0.05) is 0 Å². The summed E-state index contributed by atoms with van der Waals surface area (Å²) in [5.74, 6) is -15.4. The third-order valence-electron chi connectivity index (χ3n) is 7.92. The Hall–Kier alpha value is -2.23. The van der Waals surface area contributed by atoms with Gasteiger partial charge in [-0.15, -0.1) is 0 Å². The molecule has 0 aliphatic carbocycles. The fourth-order valence-electron chi connectivity index (χ4n) is 5.34. The Balaban J connectivity index is 1.88. The van der Waals surface area contributed by atoms with E-state index in [1.807, 2.05) is 0 Å². The van der Waals surface area contributed by atoms with Crippen molar-refractivity contribution in [2.24, 2.45) is 0 Å². The van der Waals surface area contributed by atoms with Gasteiger partial charge in [0, 0.05) is 19.3 Å². The van der Waals surface area contributed by atoms with E-state index in [1.54, 1.807) is 0 Å². The second-order valence-corrected chi connectivity index (χ2v) is 11.2. The van der Waals surface area contributed by atoms with Gasteiger partial charge < -0.3 is 95.2 Å². The Bertz CT molecular complexity index is 1090. The third-order valence-corrected chi connectivity index (χ3v) is 7.92. The van der Waals surface area contributed by atoms with Crippen molar-refractivity contribution >= 4 is 17.9 Å². The molecule has 0 radical (unpaired) electrons. The number of ether oxygens (including phenoxy) is 5. The third kappa shape index (κ3) is 7.41. The fraction of sp³-hybridized carbons (Fsp3) is 0.875. The summed E-state index contributed by atoms with van der Waals surface area (Å²) in [7, 11) is 0. The zero-order valence-corrected chi connectivity index (χ0v) is 23.7. The van der Waals surface area contributed by atoms with Crippen LogP contribution in [0.3, 0.4) is 0 Å². The average molecular weight is 679 g/mol. The maximum atomic E-state index is 12.5. The molecular weight excluding hydrogens is 640 g/mol. The molecule has 3 saturated heterocycles. The zero-order chi connectivity index (χ0) is 34.9. The number of aliphatic hydroxyl groups is 11. The number of rotatable bonds is 13. The summed E-state index contributed by atoms with van der Waals surface area (Å²) in [5, 5.41) is 141. The SMILES string of the molecule is O=C(O)[C@@]1(OC[C@@H](O)[C@H]2O[C@](O[C@@H]3C[C@](O)(C(=O)O)O[C@H]([C@H](O)CO)[C@@H]3O)(C(=O)O)C[C@@H](O)[C@H]2O)C[C@@H](O)[C@@H](O)[C@@H]([C@H](O)CO)O1. The van der Waals surface area contributed by atoms with Crippen molar-refractivity contribution < 1.29 is 110 Å².